The van der Waals surface area contributed by atoms with Gasteiger partial charge in [-0.3, -0.25) is 4.79 Å². The van der Waals surface area contributed by atoms with E-state index in [4.69, 9.17) is 0 Å². The number of hydrogen-bond donors (Lipinski definition) is 3. The van der Waals surface area contributed by atoms with Gasteiger partial charge in [-0.1, -0.05) is 62.4 Å². The van der Waals surface area contributed by atoms with Crippen molar-refractivity contribution < 1.29 is 19.4 Å². The predicted molar refractivity (Wildman–Crippen MR) is 116 cm³/mol. The van der Waals surface area contributed by atoms with Crippen LogP contribution in [0.5, 0.6) is 5.75 Å². The number of phenolic OH excluding ortho intramolecular Hbond substituents is 1. The van der Waals surface area contributed by atoms with Gasteiger partial charge >= 0.3 is 0 Å². The first-order valence-corrected chi connectivity index (χ1v) is 9.81. The lowest BCUT2D eigenvalue weighted by Crippen LogP contribution is -2.49. The fourth-order valence-corrected chi connectivity index (χ4v) is 3.80. The summed E-state index contributed by atoms with van der Waals surface area (Å²) in [6.45, 7) is 3.54. The molecule has 0 aliphatic carbocycles. The Labute approximate surface area is 176 Å². The van der Waals surface area contributed by atoms with Crippen LogP contribution in [-0.4, -0.2) is 21.7 Å². The minimum absolute atomic E-state index is 0.0232. The highest BCUT2D eigenvalue weighted by Crippen LogP contribution is 2.39. The summed E-state index contributed by atoms with van der Waals surface area (Å²) in [6, 6.07) is 21.8. The molecule has 0 aromatic heterocycles. The smallest absolute Gasteiger partial charge is 0.256 e. The zero-order valence-corrected chi connectivity index (χ0v) is 17.1. The summed E-state index contributed by atoms with van der Waals surface area (Å²) < 4.78 is 13.9. The first-order chi connectivity index (χ1) is 14.2. The van der Waals surface area contributed by atoms with Crippen LogP contribution in [0.2, 0.25) is 0 Å². The maximum Gasteiger partial charge on any atom is 0.256 e. The Morgan fingerprint density at radius 1 is 0.967 bits per heavy atom. The molecule has 0 aliphatic heterocycles. The Morgan fingerprint density at radius 3 is 2.20 bits per heavy atom. The zero-order chi connectivity index (χ0) is 21.8. The second-order valence-electron chi connectivity index (χ2n) is 8.24. The van der Waals surface area contributed by atoms with Gasteiger partial charge in [-0.15, -0.1) is 0 Å². The lowest BCUT2D eigenvalue weighted by molar-refractivity contribution is -0.136. The van der Waals surface area contributed by atoms with E-state index < -0.39 is 22.7 Å². The topological polar surface area (TPSA) is 69.6 Å². The lowest BCUT2D eigenvalue weighted by Gasteiger charge is -2.36. The minimum Gasteiger partial charge on any atom is -0.508 e. The van der Waals surface area contributed by atoms with Crippen LogP contribution >= 0.6 is 0 Å². The third-order valence-corrected chi connectivity index (χ3v) is 5.22. The Bertz CT molecular complexity index is 1010. The van der Waals surface area contributed by atoms with Crippen molar-refractivity contribution in [2.45, 2.75) is 37.7 Å². The van der Waals surface area contributed by atoms with Crippen molar-refractivity contribution in [2.24, 2.45) is 0 Å². The summed E-state index contributed by atoms with van der Waals surface area (Å²) in [5, 5.41) is 24.6. The molecule has 0 radical (unpaired) electrons. The van der Waals surface area contributed by atoms with E-state index in [9.17, 15) is 19.4 Å². The number of carbonyl (C=O) groups is 1. The van der Waals surface area contributed by atoms with Crippen LogP contribution < -0.4 is 5.32 Å². The average molecular weight is 407 g/mol. The van der Waals surface area contributed by atoms with E-state index in [0.29, 0.717) is 11.3 Å². The average Bonchev–Trinajstić information content (AvgIpc) is 2.70. The van der Waals surface area contributed by atoms with Crippen LogP contribution in [0.25, 0.3) is 0 Å². The van der Waals surface area contributed by atoms with Crippen molar-refractivity contribution in [3.05, 3.63) is 95.8 Å². The van der Waals surface area contributed by atoms with E-state index in [0.717, 1.165) is 5.56 Å². The van der Waals surface area contributed by atoms with Crippen molar-refractivity contribution in [3.8, 4) is 5.75 Å². The minimum atomic E-state index is -1.79. The summed E-state index contributed by atoms with van der Waals surface area (Å²) in [6.07, 6.45) is 0.0522. The van der Waals surface area contributed by atoms with E-state index in [1.807, 2.05) is 36.4 Å². The van der Waals surface area contributed by atoms with Gasteiger partial charge in [0.1, 0.15) is 17.2 Å². The van der Waals surface area contributed by atoms with E-state index in [2.05, 4.69) is 5.32 Å². The number of halogens is 1. The van der Waals surface area contributed by atoms with Crippen molar-refractivity contribution in [2.75, 3.05) is 5.32 Å². The third-order valence-electron chi connectivity index (χ3n) is 5.22. The van der Waals surface area contributed by atoms with Crippen molar-refractivity contribution in [3.63, 3.8) is 0 Å². The summed E-state index contributed by atoms with van der Waals surface area (Å²) in [5.74, 6) is -1.12. The SMILES string of the molecule is CC(C)(CC(O)(Cc1ccccc1)C(=O)Nc1ccccc1)c1cc(F)ccc1O. The maximum absolute atomic E-state index is 13.9. The first-order valence-electron chi connectivity index (χ1n) is 9.81. The normalized spacial score (nSPS) is 13.5. The Balaban J connectivity index is 1.95. The maximum atomic E-state index is 13.9. The fourth-order valence-electron chi connectivity index (χ4n) is 3.80. The number of hydrogen-bond acceptors (Lipinski definition) is 3. The first kappa shape index (κ1) is 21.5. The number of para-hydroxylation sites is 1. The molecule has 4 nitrogen and oxygen atoms in total. The number of anilines is 1. The van der Waals surface area contributed by atoms with E-state index in [-0.39, 0.29) is 18.6 Å². The molecule has 0 heterocycles. The van der Waals surface area contributed by atoms with Gasteiger partial charge in [0.2, 0.25) is 0 Å². The van der Waals surface area contributed by atoms with Gasteiger partial charge in [-0.2, -0.15) is 0 Å². The summed E-state index contributed by atoms with van der Waals surface area (Å²) in [4.78, 5) is 13.2. The molecule has 3 aromatic rings. The summed E-state index contributed by atoms with van der Waals surface area (Å²) in [7, 11) is 0. The Hall–Kier alpha value is -3.18. The molecule has 0 aliphatic rings. The predicted octanol–water partition coefficient (Wildman–Crippen LogP) is 4.81. The monoisotopic (exact) mass is 407 g/mol. The van der Waals surface area contributed by atoms with Gasteiger partial charge in [0.25, 0.3) is 5.91 Å². The molecule has 0 bridgehead atoms. The molecule has 0 saturated carbocycles. The largest absolute Gasteiger partial charge is 0.508 e. The molecule has 1 amide bonds. The van der Waals surface area contributed by atoms with Gasteiger partial charge in [0.05, 0.1) is 0 Å². The second-order valence-corrected chi connectivity index (χ2v) is 8.24. The number of benzene rings is 3. The Kier molecular flexibility index (Phi) is 6.22. The van der Waals surface area contributed by atoms with Crippen LogP contribution in [0.4, 0.5) is 10.1 Å². The van der Waals surface area contributed by atoms with Crippen LogP contribution in [0.3, 0.4) is 0 Å². The standard InChI is InChI=1S/C25H26FNO3/c1-24(2,21-15-19(26)13-14-22(21)28)17-25(30,16-18-9-5-3-6-10-18)23(29)27-20-11-7-4-8-12-20/h3-15,28,30H,16-17H2,1-2H3,(H,27,29). The number of rotatable bonds is 7. The number of nitrogens with one attached hydrogen (secondary N) is 1. The second kappa shape index (κ2) is 8.67. The Morgan fingerprint density at radius 2 is 1.57 bits per heavy atom. The number of carbonyl (C=O) groups excluding carboxylic acids is 1. The van der Waals surface area contributed by atoms with Crippen LogP contribution in [0.15, 0.2) is 78.9 Å². The highest BCUT2D eigenvalue weighted by atomic mass is 19.1. The number of phenols is 1. The van der Waals surface area contributed by atoms with Gasteiger partial charge in [0.15, 0.2) is 0 Å². The van der Waals surface area contributed by atoms with Crippen LogP contribution in [0, 0.1) is 5.82 Å². The molecular weight excluding hydrogens is 381 g/mol. The number of amides is 1. The van der Waals surface area contributed by atoms with Crippen molar-refractivity contribution >= 4 is 11.6 Å². The van der Waals surface area contributed by atoms with E-state index >= 15 is 0 Å². The molecule has 3 N–H and O–H groups in total. The zero-order valence-electron chi connectivity index (χ0n) is 17.1. The molecule has 1 atom stereocenters. The van der Waals surface area contributed by atoms with E-state index in [1.165, 1.54) is 18.2 Å². The molecule has 1 unspecified atom stereocenters. The third kappa shape index (κ3) is 5.05. The molecule has 5 heteroatoms. The molecular formula is C25H26FNO3. The van der Waals surface area contributed by atoms with Gasteiger partial charge in [-0.05, 0) is 47.7 Å². The lowest BCUT2D eigenvalue weighted by atomic mass is 9.72. The van der Waals surface area contributed by atoms with Crippen molar-refractivity contribution in [1.82, 2.24) is 0 Å². The van der Waals surface area contributed by atoms with Crippen molar-refractivity contribution in [1.29, 1.82) is 0 Å². The molecule has 0 fully saturated rings. The number of aromatic hydroxyl groups is 1. The molecule has 0 spiro atoms. The van der Waals surface area contributed by atoms with E-state index in [1.54, 1.807) is 38.1 Å². The van der Waals surface area contributed by atoms with Gasteiger partial charge < -0.3 is 15.5 Å². The van der Waals surface area contributed by atoms with Gasteiger partial charge in [0, 0.05) is 17.7 Å². The quantitative estimate of drug-likeness (QED) is 0.526. The summed E-state index contributed by atoms with van der Waals surface area (Å²) in [5.41, 5.74) is -0.979. The van der Waals surface area contributed by atoms with Gasteiger partial charge in [-0.25, -0.2) is 4.39 Å². The molecule has 3 rings (SSSR count). The van der Waals surface area contributed by atoms with Crippen LogP contribution in [0.1, 0.15) is 31.4 Å². The van der Waals surface area contributed by atoms with Crippen LogP contribution in [-0.2, 0) is 16.6 Å². The molecule has 30 heavy (non-hydrogen) atoms. The highest BCUT2D eigenvalue weighted by Gasteiger charge is 2.42. The molecule has 156 valence electrons. The number of aliphatic hydroxyl groups is 1. The highest BCUT2D eigenvalue weighted by molar-refractivity contribution is 5.97. The molecule has 3 aromatic carbocycles. The fraction of sp³-hybridized carbons (Fsp3) is 0.240. The molecule has 0 saturated heterocycles. The summed E-state index contributed by atoms with van der Waals surface area (Å²) >= 11 is 0.